The number of aliphatic hydroxyl groups is 1. The SMILES string of the molecule is CCNC(=NCC(O)COc1cccc(Cl)c1Cl)NC1CC1C. The van der Waals surface area contributed by atoms with Crippen LogP contribution in [0.15, 0.2) is 23.2 Å². The molecule has 23 heavy (non-hydrogen) atoms. The van der Waals surface area contributed by atoms with Gasteiger partial charge in [0, 0.05) is 12.6 Å². The molecule has 0 radical (unpaired) electrons. The summed E-state index contributed by atoms with van der Waals surface area (Å²) >= 11 is 12.0. The van der Waals surface area contributed by atoms with E-state index in [2.05, 4.69) is 22.5 Å². The summed E-state index contributed by atoms with van der Waals surface area (Å²) in [5, 5.41) is 17.3. The lowest BCUT2D eigenvalue weighted by molar-refractivity contribution is 0.114. The second-order valence-corrected chi connectivity index (χ2v) is 6.49. The number of guanidine groups is 1. The van der Waals surface area contributed by atoms with Crippen LogP contribution < -0.4 is 15.4 Å². The Morgan fingerprint density at radius 2 is 2.22 bits per heavy atom. The number of rotatable bonds is 7. The number of hydrogen-bond donors (Lipinski definition) is 3. The van der Waals surface area contributed by atoms with E-state index in [1.165, 1.54) is 0 Å². The van der Waals surface area contributed by atoms with Gasteiger partial charge in [-0.25, -0.2) is 0 Å². The van der Waals surface area contributed by atoms with Crippen molar-refractivity contribution in [3.8, 4) is 5.75 Å². The Balaban J connectivity index is 1.81. The van der Waals surface area contributed by atoms with Crippen LogP contribution in [0, 0.1) is 5.92 Å². The molecule has 0 aliphatic heterocycles. The third kappa shape index (κ3) is 5.75. The second-order valence-electron chi connectivity index (χ2n) is 5.70. The topological polar surface area (TPSA) is 65.9 Å². The van der Waals surface area contributed by atoms with Gasteiger partial charge in [-0.05, 0) is 31.4 Å². The molecule has 1 fully saturated rings. The summed E-state index contributed by atoms with van der Waals surface area (Å²) in [6, 6.07) is 5.62. The summed E-state index contributed by atoms with van der Waals surface area (Å²) in [5.41, 5.74) is 0. The van der Waals surface area contributed by atoms with Crippen molar-refractivity contribution in [2.75, 3.05) is 19.7 Å². The van der Waals surface area contributed by atoms with E-state index in [9.17, 15) is 5.11 Å². The van der Waals surface area contributed by atoms with Crippen molar-refractivity contribution >= 4 is 29.2 Å². The lowest BCUT2D eigenvalue weighted by Crippen LogP contribution is -2.40. The first-order valence-electron chi connectivity index (χ1n) is 7.81. The largest absolute Gasteiger partial charge is 0.489 e. The van der Waals surface area contributed by atoms with Crippen LogP contribution >= 0.6 is 23.2 Å². The Labute approximate surface area is 147 Å². The lowest BCUT2D eigenvalue weighted by Gasteiger charge is -2.14. The van der Waals surface area contributed by atoms with Gasteiger partial charge in [-0.1, -0.05) is 36.2 Å². The normalized spacial score (nSPS) is 21.7. The van der Waals surface area contributed by atoms with Crippen LogP contribution in [-0.2, 0) is 0 Å². The first-order valence-corrected chi connectivity index (χ1v) is 8.56. The number of ether oxygens (including phenoxy) is 1. The number of aliphatic imine (C=N–C) groups is 1. The molecule has 0 aromatic heterocycles. The molecule has 0 amide bonds. The number of benzene rings is 1. The minimum absolute atomic E-state index is 0.1000. The van der Waals surface area contributed by atoms with Crippen LogP contribution in [0.2, 0.25) is 10.0 Å². The smallest absolute Gasteiger partial charge is 0.191 e. The second kappa shape index (κ2) is 8.62. The van der Waals surface area contributed by atoms with E-state index in [1.54, 1.807) is 18.2 Å². The molecule has 7 heteroatoms. The number of halogens is 2. The first kappa shape index (κ1) is 18.2. The van der Waals surface area contributed by atoms with Crippen molar-refractivity contribution < 1.29 is 9.84 Å². The minimum Gasteiger partial charge on any atom is -0.489 e. The molecular formula is C16H23Cl2N3O2. The molecule has 0 spiro atoms. The average Bonchev–Trinajstić information content (AvgIpc) is 3.21. The van der Waals surface area contributed by atoms with Crippen LogP contribution in [0.25, 0.3) is 0 Å². The Morgan fingerprint density at radius 3 is 2.87 bits per heavy atom. The van der Waals surface area contributed by atoms with Crippen LogP contribution in [-0.4, -0.2) is 42.9 Å². The summed E-state index contributed by atoms with van der Waals surface area (Å²) in [5.74, 6) is 1.86. The fraction of sp³-hybridized carbons (Fsp3) is 0.562. The van der Waals surface area contributed by atoms with Crippen molar-refractivity contribution in [1.82, 2.24) is 10.6 Å². The molecule has 0 heterocycles. The van der Waals surface area contributed by atoms with E-state index in [-0.39, 0.29) is 13.2 Å². The van der Waals surface area contributed by atoms with Gasteiger partial charge in [0.1, 0.15) is 23.5 Å². The number of nitrogens with zero attached hydrogens (tertiary/aromatic N) is 1. The van der Waals surface area contributed by atoms with Crippen LogP contribution in [0.4, 0.5) is 0 Å². The van der Waals surface area contributed by atoms with Crippen LogP contribution in [0.3, 0.4) is 0 Å². The van der Waals surface area contributed by atoms with E-state index < -0.39 is 6.10 Å². The summed E-state index contributed by atoms with van der Waals surface area (Å²) in [6.07, 6.45) is 0.431. The first-order chi connectivity index (χ1) is 11.0. The molecule has 3 N–H and O–H groups in total. The van der Waals surface area contributed by atoms with Gasteiger partial charge in [-0.2, -0.15) is 0 Å². The molecule has 128 valence electrons. The maximum atomic E-state index is 10.0. The van der Waals surface area contributed by atoms with Gasteiger partial charge in [0.25, 0.3) is 0 Å². The summed E-state index contributed by atoms with van der Waals surface area (Å²) in [7, 11) is 0. The van der Waals surface area contributed by atoms with Crippen molar-refractivity contribution in [3.63, 3.8) is 0 Å². The monoisotopic (exact) mass is 359 g/mol. The van der Waals surface area contributed by atoms with Crippen molar-refractivity contribution in [3.05, 3.63) is 28.2 Å². The van der Waals surface area contributed by atoms with Gasteiger partial charge in [-0.3, -0.25) is 4.99 Å². The van der Waals surface area contributed by atoms with E-state index in [4.69, 9.17) is 27.9 Å². The molecule has 0 bridgehead atoms. The highest BCUT2D eigenvalue weighted by molar-refractivity contribution is 6.42. The van der Waals surface area contributed by atoms with Crippen LogP contribution in [0.1, 0.15) is 20.3 Å². The fourth-order valence-electron chi connectivity index (χ4n) is 2.05. The molecule has 1 aliphatic rings. The van der Waals surface area contributed by atoms with Gasteiger partial charge >= 0.3 is 0 Å². The van der Waals surface area contributed by atoms with Gasteiger partial charge in [-0.15, -0.1) is 0 Å². The molecule has 3 unspecified atom stereocenters. The van der Waals surface area contributed by atoms with E-state index in [0.29, 0.717) is 27.8 Å². The molecule has 1 saturated carbocycles. The maximum absolute atomic E-state index is 10.0. The Kier molecular flexibility index (Phi) is 6.81. The van der Waals surface area contributed by atoms with Gasteiger partial charge in [0.2, 0.25) is 0 Å². The third-order valence-corrected chi connectivity index (χ3v) is 4.38. The lowest BCUT2D eigenvalue weighted by atomic mass is 10.3. The third-order valence-electron chi connectivity index (χ3n) is 3.58. The molecule has 3 atom stereocenters. The summed E-state index contributed by atoms with van der Waals surface area (Å²) in [6.45, 7) is 5.32. The van der Waals surface area contributed by atoms with Crippen LogP contribution in [0.5, 0.6) is 5.75 Å². The molecule has 5 nitrogen and oxygen atoms in total. The predicted molar refractivity (Wildman–Crippen MR) is 94.6 cm³/mol. The summed E-state index contributed by atoms with van der Waals surface area (Å²) in [4.78, 5) is 4.39. The highest BCUT2D eigenvalue weighted by Gasteiger charge is 2.33. The van der Waals surface area contributed by atoms with Crippen molar-refractivity contribution in [2.45, 2.75) is 32.4 Å². The predicted octanol–water partition coefficient (Wildman–Crippen LogP) is 2.70. The highest BCUT2D eigenvalue weighted by atomic mass is 35.5. The molecule has 1 aromatic carbocycles. The summed E-state index contributed by atoms with van der Waals surface area (Å²) < 4.78 is 5.51. The number of hydrogen-bond acceptors (Lipinski definition) is 3. The van der Waals surface area contributed by atoms with Crippen molar-refractivity contribution in [2.24, 2.45) is 10.9 Å². The molecule has 0 saturated heterocycles. The molecule has 1 aliphatic carbocycles. The molecule has 1 aromatic rings. The number of nitrogens with one attached hydrogen (secondary N) is 2. The molecule has 2 rings (SSSR count). The Bertz CT molecular complexity index is 554. The zero-order valence-electron chi connectivity index (χ0n) is 13.4. The van der Waals surface area contributed by atoms with E-state index in [0.717, 1.165) is 18.9 Å². The van der Waals surface area contributed by atoms with Gasteiger partial charge in [0.05, 0.1) is 11.6 Å². The number of aliphatic hydroxyl groups excluding tert-OH is 1. The maximum Gasteiger partial charge on any atom is 0.191 e. The quantitative estimate of drug-likeness (QED) is 0.517. The molecular weight excluding hydrogens is 337 g/mol. The highest BCUT2D eigenvalue weighted by Crippen LogP contribution is 2.31. The zero-order valence-corrected chi connectivity index (χ0v) is 14.9. The minimum atomic E-state index is -0.725. The van der Waals surface area contributed by atoms with Gasteiger partial charge in [0.15, 0.2) is 5.96 Å². The van der Waals surface area contributed by atoms with E-state index >= 15 is 0 Å². The van der Waals surface area contributed by atoms with E-state index in [1.807, 2.05) is 6.92 Å². The average molecular weight is 360 g/mol. The Hall–Kier alpha value is -1.17. The fourth-order valence-corrected chi connectivity index (χ4v) is 2.40. The standard InChI is InChI=1S/C16H23Cl2N3O2/c1-3-19-16(21-13-7-10(13)2)20-8-11(22)9-23-14-6-4-5-12(17)15(14)18/h4-6,10-11,13,22H,3,7-9H2,1-2H3,(H2,19,20,21). The zero-order chi connectivity index (χ0) is 16.8. The van der Waals surface area contributed by atoms with Gasteiger partial charge < -0.3 is 20.5 Å². The Morgan fingerprint density at radius 1 is 1.48 bits per heavy atom. The van der Waals surface area contributed by atoms with Crippen molar-refractivity contribution in [1.29, 1.82) is 0 Å².